The number of Topliss-reactive ketones (excluding diaryl/α,β-unsaturated/α-hetero) is 1. The van der Waals surface area contributed by atoms with Gasteiger partial charge in [0.2, 0.25) is 0 Å². The van der Waals surface area contributed by atoms with Crippen LogP contribution in [0, 0.1) is 12.3 Å². The molecule has 1 atom stereocenters. The first-order chi connectivity index (χ1) is 9.56. The van der Waals surface area contributed by atoms with Gasteiger partial charge in [-0.3, -0.25) is 9.69 Å². The number of terminal acetylenes is 1. The third kappa shape index (κ3) is 2.43. The maximum Gasteiger partial charge on any atom is 0.323 e. The number of allylic oxidation sites excluding steroid dienone is 1. The molecule has 0 radical (unpaired) electrons. The Balaban J connectivity index is 2.52. The van der Waals surface area contributed by atoms with Crippen molar-refractivity contribution in [1.29, 1.82) is 0 Å². The van der Waals surface area contributed by atoms with Crippen molar-refractivity contribution in [3.05, 3.63) is 47.2 Å². The lowest BCUT2D eigenvalue weighted by Crippen LogP contribution is -2.47. The number of carbonyl (C=O) groups excluding carboxylic acids is 2. The molecule has 0 bridgehead atoms. The zero-order valence-corrected chi connectivity index (χ0v) is 11.5. The summed E-state index contributed by atoms with van der Waals surface area (Å²) >= 11 is 0. The molecule has 102 valence electrons. The fourth-order valence-electron chi connectivity index (χ4n) is 2.42. The number of amides is 2. The van der Waals surface area contributed by atoms with Crippen molar-refractivity contribution in [3.63, 3.8) is 0 Å². The summed E-state index contributed by atoms with van der Waals surface area (Å²) in [5.41, 5.74) is 2.07. The second-order valence-corrected chi connectivity index (χ2v) is 4.64. The zero-order valence-electron chi connectivity index (χ0n) is 11.5. The maximum atomic E-state index is 12.1. The van der Waals surface area contributed by atoms with Crippen molar-refractivity contribution in [2.75, 3.05) is 6.54 Å². The van der Waals surface area contributed by atoms with Gasteiger partial charge in [0.15, 0.2) is 5.78 Å². The van der Waals surface area contributed by atoms with Crippen LogP contribution in [0.4, 0.5) is 4.79 Å². The highest BCUT2D eigenvalue weighted by atomic mass is 16.2. The lowest BCUT2D eigenvalue weighted by molar-refractivity contribution is -0.114. The van der Waals surface area contributed by atoms with Gasteiger partial charge in [0, 0.05) is 11.3 Å². The standard InChI is InChI=1S/C16H16N2O2/c1-4-10-18-11(2)14(12(3)19)15(17-16(18)20)13-8-6-5-7-9-13/h1,5-9,15H,10H2,2-3H3,(H,17,20). The molecule has 1 aliphatic rings. The van der Waals surface area contributed by atoms with Crippen LogP contribution in [-0.2, 0) is 4.79 Å². The highest BCUT2D eigenvalue weighted by Crippen LogP contribution is 2.30. The van der Waals surface area contributed by atoms with Crippen molar-refractivity contribution in [3.8, 4) is 12.3 Å². The highest BCUT2D eigenvalue weighted by Gasteiger charge is 2.33. The molecule has 1 aromatic rings. The average molecular weight is 268 g/mol. The molecule has 1 heterocycles. The van der Waals surface area contributed by atoms with Crippen LogP contribution < -0.4 is 5.32 Å². The van der Waals surface area contributed by atoms with Crippen molar-refractivity contribution in [1.82, 2.24) is 10.2 Å². The molecule has 1 N–H and O–H groups in total. The summed E-state index contributed by atoms with van der Waals surface area (Å²) < 4.78 is 0. The minimum Gasteiger partial charge on any atom is -0.327 e. The summed E-state index contributed by atoms with van der Waals surface area (Å²) in [6, 6.07) is 8.72. The number of benzene rings is 1. The number of nitrogens with one attached hydrogen (secondary N) is 1. The van der Waals surface area contributed by atoms with Gasteiger partial charge in [0.05, 0.1) is 12.6 Å². The maximum absolute atomic E-state index is 12.1. The third-order valence-corrected chi connectivity index (χ3v) is 3.36. The van der Waals surface area contributed by atoms with Gasteiger partial charge in [-0.25, -0.2) is 4.79 Å². The number of hydrogen-bond acceptors (Lipinski definition) is 2. The van der Waals surface area contributed by atoms with Crippen molar-refractivity contribution in [2.24, 2.45) is 0 Å². The molecule has 0 saturated carbocycles. The molecule has 0 spiro atoms. The average Bonchev–Trinajstić information content (AvgIpc) is 2.43. The molecule has 0 saturated heterocycles. The van der Waals surface area contributed by atoms with Gasteiger partial charge in [-0.1, -0.05) is 36.3 Å². The van der Waals surface area contributed by atoms with Gasteiger partial charge in [0.1, 0.15) is 0 Å². The van der Waals surface area contributed by atoms with Gasteiger partial charge in [-0.15, -0.1) is 6.42 Å². The van der Waals surface area contributed by atoms with Crippen molar-refractivity contribution in [2.45, 2.75) is 19.9 Å². The summed E-state index contributed by atoms with van der Waals surface area (Å²) in [6.45, 7) is 3.40. The van der Waals surface area contributed by atoms with Crippen LogP contribution in [0.2, 0.25) is 0 Å². The van der Waals surface area contributed by atoms with Gasteiger partial charge < -0.3 is 5.32 Å². The smallest absolute Gasteiger partial charge is 0.323 e. The van der Waals surface area contributed by atoms with Crippen LogP contribution in [0.15, 0.2) is 41.6 Å². The molecule has 2 amide bonds. The molecule has 20 heavy (non-hydrogen) atoms. The monoisotopic (exact) mass is 268 g/mol. The van der Waals surface area contributed by atoms with E-state index in [-0.39, 0.29) is 18.4 Å². The molecule has 0 aliphatic carbocycles. The van der Waals surface area contributed by atoms with E-state index >= 15 is 0 Å². The fraction of sp³-hybridized carbons (Fsp3) is 0.250. The van der Waals surface area contributed by atoms with Crippen LogP contribution in [-0.4, -0.2) is 23.3 Å². The SMILES string of the molecule is C#CCN1C(=O)NC(c2ccccc2)C(C(C)=O)=C1C. The summed E-state index contributed by atoms with van der Waals surface area (Å²) in [6.07, 6.45) is 5.27. The predicted octanol–water partition coefficient (Wildman–Crippen LogP) is 2.25. The molecular formula is C16H16N2O2. The van der Waals surface area contributed by atoms with Crippen LogP contribution in [0.3, 0.4) is 0 Å². The number of urea groups is 1. The number of rotatable bonds is 3. The molecule has 1 aromatic carbocycles. The normalized spacial score (nSPS) is 18.6. The fourth-order valence-corrected chi connectivity index (χ4v) is 2.42. The van der Waals surface area contributed by atoms with E-state index in [4.69, 9.17) is 6.42 Å². The Kier molecular flexibility index (Phi) is 3.90. The van der Waals surface area contributed by atoms with Crippen LogP contribution in [0.1, 0.15) is 25.5 Å². The van der Waals surface area contributed by atoms with E-state index in [9.17, 15) is 9.59 Å². The van der Waals surface area contributed by atoms with Gasteiger partial charge in [-0.2, -0.15) is 0 Å². The van der Waals surface area contributed by atoms with Crippen molar-refractivity contribution >= 4 is 11.8 Å². The Morgan fingerprint density at radius 2 is 2.05 bits per heavy atom. The summed E-state index contributed by atoms with van der Waals surface area (Å²) in [7, 11) is 0. The molecule has 4 heteroatoms. The van der Waals surface area contributed by atoms with E-state index in [1.165, 1.54) is 11.8 Å². The van der Waals surface area contributed by atoms with Gasteiger partial charge in [-0.05, 0) is 19.4 Å². The molecule has 0 aromatic heterocycles. The minimum absolute atomic E-state index is 0.0709. The van der Waals surface area contributed by atoms with Crippen LogP contribution >= 0.6 is 0 Å². The highest BCUT2D eigenvalue weighted by molar-refractivity contribution is 5.98. The zero-order chi connectivity index (χ0) is 14.7. The van der Waals surface area contributed by atoms with E-state index in [1.807, 2.05) is 30.3 Å². The Morgan fingerprint density at radius 3 is 2.60 bits per heavy atom. The van der Waals surface area contributed by atoms with Gasteiger partial charge >= 0.3 is 6.03 Å². The Labute approximate surface area is 118 Å². The Bertz CT molecular complexity index is 611. The van der Waals surface area contributed by atoms with Crippen LogP contribution in [0.5, 0.6) is 0 Å². The largest absolute Gasteiger partial charge is 0.327 e. The lowest BCUT2D eigenvalue weighted by atomic mass is 9.92. The number of carbonyl (C=O) groups is 2. The predicted molar refractivity (Wildman–Crippen MR) is 76.6 cm³/mol. The van der Waals surface area contributed by atoms with E-state index in [2.05, 4.69) is 11.2 Å². The molecule has 0 fully saturated rings. The number of hydrogen-bond donors (Lipinski definition) is 1. The first-order valence-electron chi connectivity index (χ1n) is 6.34. The quantitative estimate of drug-likeness (QED) is 0.855. The van der Waals surface area contributed by atoms with E-state index < -0.39 is 6.04 Å². The Morgan fingerprint density at radius 1 is 1.40 bits per heavy atom. The second kappa shape index (κ2) is 5.62. The van der Waals surface area contributed by atoms with Crippen molar-refractivity contribution < 1.29 is 9.59 Å². The first kappa shape index (κ1) is 13.9. The summed E-state index contributed by atoms with van der Waals surface area (Å²) in [5, 5.41) is 2.84. The van der Waals surface area contributed by atoms with E-state index in [0.717, 1.165) is 5.56 Å². The number of nitrogens with zero attached hydrogens (tertiary/aromatic N) is 1. The molecular weight excluding hydrogens is 252 g/mol. The second-order valence-electron chi connectivity index (χ2n) is 4.64. The van der Waals surface area contributed by atoms with Crippen LogP contribution in [0.25, 0.3) is 0 Å². The topological polar surface area (TPSA) is 49.4 Å². The summed E-state index contributed by atoms with van der Waals surface area (Å²) in [4.78, 5) is 25.5. The molecule has 1 aliphatic heterocycles. The van der Waals surface area contributed by atoms with E-state index in [0.29, 0.717) is 11.3 Å². The lowest BCUT2D eigenvalue weighted by Gasteiger charge is -2.34. The summed E-state index contributed by atoms with van der Waals surface area (Å²) in [5.74, 6) is 2.36. The Hall–Kier alpha value is -2.54. The molecule has 1 unspecified atom stereocenters. The third-order valence-electron chi connectivity index (χ3n) is 3.36. The first-order valence-corrected chi connectivity index (χ1v) is 6.34. The molecule has 2 rings (SSSR count). The van der Waals surface area contributed by atoms with Gasteiger partial charge in [0.25, 0.3) is 0 Å². The number of ketones is 1. The molecule has 4 nitrogen and oxygen atoms in total. The van der Waals surface area contributed by atoms with E-state index in [1.54, 1.807) is 6.92 Å². The minimum atomic E-state index is -0.421.